The molecule has 0 radical (unpaired) electrons. The summed E-state index contributed by atoms with van der Waals surface area (Å²) in [6.45, 7) is 4.41. The largest absolute Gasteiger partial charge is 0.446 e. The zero-order valence-electron chi connectivity index (χ0n) is 33.6. The molecule has 1 aliphatic heterocycles. The summed E-state index contributed by atoms with van der Waals surface area (Å²) >= 11 is -2.36. The third-order valence-corrected chi connectivity index (χ3v) is 12.6. The molecule has 4 aromatic rings. The van der Waals surface area contributed by atoms with Crippen LogP contribution < -0.4 is 5.32 Å². The average molecular weight is 816 g/mol. The monoisotopic (exact) mass is 815 g/mol. The van der Waals surface area contributed by atoms with Crippen LogP contribution in [0.15, 0.2) is 91.1 Å². The summed E-state index contributed by atoms with van der Waals surface area (Å²) in [6, 6.07) is 24.6. The molecule has 3 aromatic carbocycles. The van der Waals surface area contributed by atoms with E-state index in [0.717, 1.165) is 66.6 Å². The number of ether oxygens (including phenoxy) is 1. The highest BCUT2D eigenvalue weighted by Crippen LogP contribution is 2.38. The summed E-state index contributed by atoms with van der Waals surface area (Å²) in [7, 11) is 0. The van der Waals surface area contributed by atoms with Crippen molar-refractivity contribution in [2.24, 2.45) is 11.8 Å². The lowest BCUT2D eigenvalue weighted by Gasteiger charge is -2.34. The van der Waals surface area contributed by atoms with Crippen LogP contribution in [0.5, 0.6) is 0 Å². The van der Waals surface area contributed by atoms with Gasteiger partial charge in [0.2, 0.25) is 11.3 Å². The molecule has 6 N–H and O–H groups in total. The molecule has 0 amide bonds. The number of rotatable bonds is 21. The number of H-pyrrole nitrogens is 1. The number of aromatic amines is 1. The second-order valence-electron chi connectivity index (χ2n) is 16.2. The molecule has 6 rings (SSSR count). The molecule has 2 heterocycles. The number of esters is 1. The van der Waals surface area contributed by atoms with E-state index in [4.69, 9.17) is 4.74 Å². The Morgan fingerprint density at radius 2 is 1.83 bits per heavy atom. The van der Waals surface area contributed by atoms with E-state index in [1.54, 1.807) is 6.92 Å². The van der Waals surface area contributed by atoms with Gasteiger partial charge in [-0.05, 0) is 124 Å². The number of hydrogen-bond donors (Lipinski definition) is 6. The van der Waals surface area contributed by atoms with E-state index >= 15 is 0 Å². The number of likely N-dealkylation sites (tertiary alicyclic amines) is 1. The zero-order valence-corrected chi connectivity index (χ0v) is 34.4. The van der Waals surface area contributed by atoms with E-state index in [9.17, 15) is 28.9 Å². The van der Waals surface area contributed by atoms with Crippen molar-refractivity contribution in [3.8, 4) is 0 Å². The second-order valence-corrected chi connectivity index (χ2v) is 17.1. The number of carbonyl (C=O) groups is 1. The maximum absolute atomic E-state index is 12.8. The second kappa shape index (κ2) is 21.9. The van der Waals surface area contributed by atoms with Crippen LogP contribution in [-0.2, 0) is 40.3 Å². The number of aliphatic hydroxyl groups is 3. The van der Waals surface area contributed by atoms with Crippen molar-refractivity contribution in [3.05, 3.63) is 108 Å². The van der Waals surface area contributed by atoms with Gasteiger partial charge in [0.25, 0.3) is 0 Å². The first kappa shape index (κ1) is 43.6. The number of hydrogen-bond acceptors (Lipinski definition) is 9. The van der Waals surface area contributed by atoms with E-state index in [1.165, 1.54) is 9.87 Å². The molecule has 1 aliphatic carbocycles. The minimum absolute atomic E-state index is 0.0781. The minimum Gasteiger partial charge on any atom is -0.446 e. The lowest BCUT2D eigenvalue weighted by Crippen LogP contribution is -2.41. The molecular formula is C45H61N5O7S. The third kappa shape index (κ3) is 13.0. The fourth-order valence-corrected chi connectivity index (χ4v) is 9.17. The normalized spacial score (nSPS) is 23.0. The highest BCUT2D eigenvalue weighted by Gasteiger charge is 2.40. The molecule has 13 heteroatoms. The molecule has 1 saturated carbocycles. The number of benzene rings is 3. The molecule has 1 saturated heterocycles. The van der Waals surface area contributed by atoms with Gasteiger partial charge in [-0.15, -0.1) is 0 Å². The van der Waals surface area contributed by atoms with Crippen LogP contribution in [0, 0.1) is 11.8 Å². The Balaban J connectivity index is 0.897. The van der Waals surface area contributed by atoms with Gasteiger partial charge in [-0.3, -0.25) is 19.3 Å². The van der Waals surface area contributed by atoms with E-state index in [0.29, 0.717) is 51.0 Å². The molecule has 1 aromatic heterocycles. The van der Waals surface area contributed by atoms with Crippen LogP contribution in [0.2, 0.25) is 0 Å². The number of allylic oxidation sites excluding steroid dienone is 2. The SMILES string of the molecule is CC(OC(=O)CCCC=CC[C@@H]1[C@@H](CC[C@@H](O)CCc2ccccc2)[C@H](O)C[C@H]1O)N(Cc1cccc(CN2CCC[C@H](Nc3ccc4[nH]ncc4c3)C2)c1)S(=O)O. The van der Waals surface area contributed by atoms with Crippen molar-refractivity contribution >= 4 is 33.8 Å². The van der Waals surface area contributed by atoms with Crippen molar-refractivity contribution in [1.82, 2.24) is 19.4 Å². The lowest BCUT2D eigenvalue weighted by atomic mass is 9.85. The molecule has 0 spiro atoms. The van der Waals surface area contributed by atoms with Crippen LogP contribution >= 0.6 is 0 Å². The summed E-state index contributed by atoms with van der Waals surface area (Å²) in [6.07, 6.45) is 10.5. The molecule has 2 aliphatic rings. The molecule has 2 fully saturated rings. The fraction of sp³-hybridized carbons (Fsp3) is 0.511. The highest BCUT2D eigenvalue weighted by molar-refractivity contribution is 7.76. The number of aromatic nitrogens is 2. The van der Waals surface area contributed by atoms with Gasteiger partial charge in [-0.2, -0.15) is 9.40 Å². The van der Waals surface area contributed by atoms with Crippen LogP contribution in [0.25, 0.3) is 10.9 Å². The smallest absolute Gasteiger partial charge is 0.307 e. The summed E-state index contributed by atoms with van der Waals surface area (Å²) in [5, 5.41) is 43.8. The predicted octanol–water partition coefficient (Wildman–Crippen LogP) is 6.72. The number of fused-ring (bicyclic) bond motifs is 1. The van der Waals surface area contributed by atoms with Crippen molar-refractivity contribution in [3.63, 3.8) is 0 Å². The Morgan fingerprint density at radius 1 is 1.03 bits per heavy atom. The number of unbranched alkanes of at least 4 members (excludes halogenated alkanes) is 1. The van der Waals surface area contributed by atoms with Crippen LogP contribution in [0.4, 0.5) is 5.69 Å². The Bertz CT molecular complexity index is 1930. The number of aliphatic hydroxyl groups excluding tert-OH is 3. The van der Waals surface area contributed by atoms with Crippen LogP contribution in [-0.4, -0.2) is 93.1 Å². The van der Waals surface area contributed by atoms with E-state index in [1.807, 2.05) is 54.7 Å². The van der Waals surface area contributed by atoms with E-state index < -0.39 is 41.8 Å². The molecule has 2 unspecified atom stereocenters. The first-order valence-corrected chi connectivity index (χ1v) is 22.0. The van der Waals surface area contributed by atoms with Crippen molar-refractivity contribution in [2.45, 2.75) is 121 Å². The van der Waals surface area contributed by atoms with Gasteiger partial charge in [-0.1, -0.05) is 66.7 Å². The Labute approximate surface area is 345 Å². The molecule has 58 heavy (non-hydrogen) atoms. The summed E-state index contributed by atoms with van der Waals surface area (Å²) in [4.78, 5) is 15.2. The van der Waals surface area contributed by atoms with Gasteiger partial charge in [0.15, 0.2) is 6.23 Å². The maximum atomic E-state index is 12.8. The number of anilines is 1. The van der Waals surface area contributed by atoms with Gasteiger partial charge >= 0.3 is 5.97 Å². The standard InChI is InChI=1S/C45H61N5O7S/c1-32(57-45(54)17-8-3-2-7-16-40-41(44(53)27-43(40)52)22-21-39(51)20-18-33-11-5-4-6-12-33)50(58(55)56)30-35-14-9-13-34(25-35)29-49-24-10-15-38(31-49)47-37-19-23-42-36(26-37)28-46-48-42/h2,4-7,9,11-14,19,23,25-26,28,32,38-41,43-44,47,51-53H,3,8,10,15-18,20-22,24,27,29-31H2,1H3,(H,46,48)(H,55,56)/t32?,38-,39-,40+,41+,43+,44+/m0/s1. The Kier molecular flexibility index (Phi) is 16.5. The van der Waals surface area contributed by atoms with Gasteiger partial charge in [0, 0.05) is 43.2 Å². The average Bonchev–Trinajstić information content (AvgIpc) is 3.79. The van der Waals surface area contributed by atoms with E-state index in [2.05, 4.69) is 56.8 Å². The minimum atomic E-state index is -2.36. The van der Waals surface area contributed by atoms with Gasteiger partial charge < -0.3 is 25.4 Å². The number of piperidine rings is 1. The zero-order chi connectivity index (χ0) is 40.9. The summed E-state index contributed by atoms with van der Waals surface area (Å²) in [5.41, 5.74) is 5.26. The van der Waals surface area contributed by atoms with Gasteiger partial charge in [0.05, 0.1) is 30.0 Å². The van der Waals surface area contributed by atoms with Gasteiger partial charge in [-0.25, -0.2) is 4.21 Å². The summed E-state index contributed by atoms with van der Waals surface area (Å²) in [5.74, 6) is -0.604. The molecule has 8 atom stereocenters. The van der Waals surface area contributed by atoms with Crippen LogP contribution in [0.3, 0.4) is 0 Å². The van der Waals surface area contributed by atoms with Crippen LogP contribution in [0.1, 0.15) is 87.8 Å². The van der Waals surface area contributed by atoms with Crippen molar-refractivity contribution < 1.29 is 33.6 Å². The fourth-order valence-electron chi connectivity index (χ4n) is 8.62. The first-order valence-electron chi connectivity index (χ1n) is 20.9. The topological polar surface area (TPSA) is 171 Å². The number of carbonyl (C=O) groups excluding carboxylic acids is 1. The summed E-state index contributed by atoms with van der Waals surface area (Å²) < 4.78 is 29.4. The van der Waals surface area contributed by atoms with Gasteiger partial charge in [0.1, 0.15) is 0 Å². The van der Waals surface area contributed by atoms with Crippen molar-refractivity contribution in [2.75, 3.05) is 18.4 Å². The molecule has 12 nitrogen and oxygen atoms in total. The number of nitrogens with zero attached hydrogens (tertiary/aromatic N) is 3. The number of aryl methyl sites for hydroxylation is 1. The Hall–Kier alpha value is -3.95. The maximum Gasteiger partial charge on any atom is 0.307 e. The molecular weight excluding hydrogens is 755 g/mol. The molecule has 314 valence electrons. The Morgan fingerprint density at radius 3 is 2.66 bits per heavy atom. The lowest BCUT2D eigenvalue weighted by molar-refractivity contribution is -0.153. The third-order valence-electron chi connectivity index (χ3n) is 11.8. The first-order chi connectivity index (χ1) is 28.1. The highest BCUT2D eigenvalue weighted by atomic mass is 32.2. The van der Waals surface area contributed by atoms with E-state index in [-0.39, 0.29) is 24.8 Å². The predicted molar refractivity (Wildman–Crippen MR) is 228 cm³/mol. The van der Waals surface area contributed by atoms with Crippen molar-refractivity contribution in [1.29, 1.82) is 0 Å². The number of nitrogens with one attached hydrogen (secondary N) is 2. The molecule has 0 bridgehead atoms. The quantitative estimate of drug-likeness (QED) is 0.0175.